The normalized spacial score (nSPS) is 24.0. The molecule has 1 aliphatic rings. The molecule has 0 aromatic heterocycles. The molecular formula is C15H23NO4S. The van der Waals surface area contributed by atoms with Crippen LogP contribution in [0.15, 0.2) is 23.1 Å². The number of ether oxygens (including phenoxy) is 1. The number of rotatable bonds is 4. The molecule has 1 fully saturated rings. The maximum atomic E-state index is 13.0. The third kappa shape index (κ3) is 3.07. The van der Waals surface area contributed by atoms with Crippen molar-refractivity contribution in [2.45, 2.75) is 56.7 Å². The SMILES string of the molecule is COc1cc(CO)ccc1S(=O)(=O)N1C(C)CCCC1C. The molecule has 1 aromatic rings. The number of nitrogens with zero attached hydrogens (tertiary/aromatic N) is 1. The van der Waals surface area contributed by atoms with Gasteiger partial charge in [0.15, 0.2) is 0 Å². The van der Waals surface area contributed by atoms with Gasteiger partial charge in [-0.15, -0.1) is 0 Å². The Morgan fingerprint density at radius 2 is 1.90 bits per heavy atom. The summed E-state index contributed by atoms with van der Waals surface area (Å²) in [6, 6.07) is 4.69. The van der Waals surface area contributed by atoms with Gasteiger partial charge in [-0.2, -0.15) is 4.31 Å². The zero-order chi connectivity index (χ0) is 15.6. The van der Waals surface area contributed by atoms with Crippen molar-refractivity contribution in [1.82, 2.24) is 4.31 Å². The summed E-state index contributed by atoms with van der Waals surface area (Å²) in [7, 11) is -2.16. The van der Waals surface area contributed by atoms with E-state index in [1.54, 1.807) is 16.4 Å². The summed E-state index contributed by atoms with van der Waals surface area (Å²) < 4.78 is 32.8. The standard InChI is InChI=1S/C15H23NO4S/c1-11-5-4-6-12(2)16(11)21(18,19)15-8-7-13(10-17)9-14(15)20-3/h7-9,11-12,17H,4-6,10H2,1-3H3. The molecule has 0 saturated carbocycles. The highest BCUT2D eigenvalue weighted by molar-refractivity contribution is 7.89. The molecule has 0 bridgehead atoms. The van der Waals surface area contributed by atoms with E-state index in [2.05, 4.69) is 0 Å². The van der Waals surface area contributed by atoms with Crippen molar-refractivity contribution in [3.8, 4) is 5.75 Å². The first-order valence-electron chi connectivity index (χ1n) is 7.23. The lowest BCUT2D eigenvalue weighted by molar-refractivity contribution is 0.203. The van der Waals surface area contributed by atoms with Gasteiger partial charge in [0.25, 0.3) is 0 Å². The molecule has 5 nitrogen and oxygen atoms in total. The molecule has 1 aliphatic heterocycles. The Hall–Kier alpha value is -1.11. The predicted molar refractivity (Wildman–Crippen MR) is 80.7 cm³/mol. The van der Waals surface area contributed by atoms with Gasteiger partial charge in [-0.05, 0) is 44.4 Å². The molecule has 1 saturated heterocycles. The van der Waals surface area contributed by atoms with E-state index in [1.165, 1.54) is 13.2 Å². The molecule has 118 valence electrons. The van der Waals surface area contributed by atoms with E-state index >= 15 is 0 Å². The number of aliphatic hydroxyl groups excluding tert-OH is 1. The average molecular weight is 313 g/mol. The van der Waals surface area contributed by atoms with Gasteiger partial charge in [-0.3, -0.25) is 0 Å². The van der Waals surface area contributed by atoms with Crippen LogP contribution in [0.2, 0.25) is 0 Å². The first-order chi connectivity index (χ1) is 9.91. The van der Waals surface area contributed by atoms with Gasteiger partial charge in [0.1, 0.15) is 10.6 Å². The highest BCUT2D eigenvalue weighted by Gasteiger charge is 2.37. The highest BCUT2D eigenvalue weighted by atomic mass is 32.2. The second-order valence-corrected chi connectivity index (χ2v) is 7.42. The van der Waals surface area contributed by atoms with E-state index < -0.39 is 10.0 Å². The average Bonchev–Trinajstić information content (AvgIpc) is 2.46. The van der Waals surface area contributed by atoms with Gasteiger partial charge >= 0.3 is 0 Å². The van der Waals surface area contributed by atoms with Crippen molar-refractivity contribution in [3.05, 3.63) is 23.8 Å². The second kappa shape index (κ2) is 6.34. The quantitative estimate of drug-likeness (QED) is 0.925. The van der Waals surface area contributed by atoms with Crippen LogP contribution in [0.3, 0.4) is 0 Å². The Kier molecular flexibility index (Phi) is 4.91. The molecule has 0 radical (unpaired) electrons. The van der Waals surface area contributed by atoms with Crippen LogP contribution in [-0.2, 0) is 16.6 Å². The van der Waals surface area contributed by atoms with E-state index in [1.807, 2.05) is 13.8 Å². The maximum Gasteiger partial charge on any atom is 0.247 e. The lowest BCUT2D eigenvalue weighted by Crippen LogP contribution is -2.47. The molecule has 1 heterocycles. The molecule has 21 heavy (non-hydrogen) atoms. The molecule has 0 spiro atoms. The first-order valence-corrected chi connectivity index (χ1v) is 8.67. The maximum absolute atomic E-state index is 13.0. The number of benzene rings is 1. The minimum Gasteiger partial charge on any atom is -0.495 e. The van der Waals surface area contributed by atoms with Crippen molar-refractivity contribution in [3.63, 3.8) is 0 Å². The first kappa shape index (κ1) is 16.3. The van der Waals surface area contributed by atoms with E-state index in [9.17, 15) is 8.42 Å². The minimum atomic E-state index is -3.60. The zero-order valence-corrected chi connectivity index (χ0v) is 13.6. The van der Waals surface area contributed by atoms with E-state index in [4.69, 9.17) is 9.84 Å². The summed E-state index contributed by atoms with van der Waals surface area (Å²) in [5.41, 5.74) is 0.630. The van der Waals surface area contributed by atoms with Crippen molar-refractivity contribution >= 4 is 10.0 Å². The topological polar surface area (TPSA) is 66.8 Å². The molecule has 0 amide bonds. The lowest BCUT2D eigenvalue weighted by atomic mass is 10.0. The van der Waals surface area contributed by atoms with E-state index in [0.29, 0.717) is 5.56 Å². The van der Waals surface area contributed by atoms with Crippen LogP contribution in [0.25, 0.3) is 0 Å². The lowest BCUT2D eigenvalue weighted by Gasteiger charge is -2.37. The molecule has 2 unspecified atom stereocenters. The molecule has 6 heteroatoms. The van der Waals surface area contributed by atoms with Crippen LogP contribution in [-0.4, -0.2) is 37.0 Å². The number of sulfonamides is 1. The van der Waals surface area contributed by atoms with Crippen molar-refractivity contribution in [2.24, 2.45) is 0 Å². The molecule has 2 rings (SSSR count). The van der Waals surface area contributed by atoms with Gasteiger partial charge in [0, 0.05) is 12.1 Å². The van der Waals surface area contributed by atoms with Crippen LogP contribution >= 0.6 is 0 Å². The van der Waals surface area contributed by atoms with Gasteiger partial charge in [-0.25, -0.2) is 8.42 Å². The van der Waals surface area contributed by atoms with Crippen LogP contribution in [0, 0.1) is 0 Å². The summed E-state index contributed by atoms with van der Waals surface area (Å²) in [5, 5.41) is 9.17. The Balaban J connectivity index is 2.48. The Morgan fingerprint density at radius 1 is 1.29 bits per heavy atom. The van der Waals surface area contributed by atoms with Gasteiger partial charge in [0.05, 0.1) is 13.7 Å². The molecular weight excluding hydrogens is 290 g/mol. The number of aliphatic hydroxyl groups is 1. The Bertz CT molecular complexity index is 590. The van der Waals surface area contributed by atoms with Crippen molar-refractivity contribution in [1.29, 1.82) is 0 Å². The zero-order valence-electron chi connectivity index (χ0n) is 12.7. The Morgan fingerprint density at radius 3 is 2.43 bits per heavy atom. The monoisotopic (exact) mass is 313 g/mol. The minimum absolute atomic E-state index is 0.0130. The van der Waals surface area contributed by atoms with Crippen LogP contribution in [0.1, 0.15) is 38.7 Å². The molecule has 1 aromatic carbocycles. The molecule has 1 N–H and O–H groups in total. The Labute approximate surface area is 126 Å². The fourth-order valence-corrected chi connectivity index (χ4v) is 5.03. The van der Waals surface area contributed by atoms with Gasteiger partial charge in [-0.1, -0.05) is 12.5 Å². The summed E-state index contributed by atoms with van der Waals surface area (Å²) >= 11 is 0. The third-order valence-corrected chi connectivity index (χ3v) is 6.25. The summed E-state index contributed by atoms with van der Waals surface area (Å²) in [4.78, 5) is 0.169. The summed E-state index contributed by atoms with van der Waals surface area (Å²) in [6.45, 7) is 3.75. The number of hydrogen-bond acceptors (Lipinski definition) is 4. The van der Waals surface area contributed by atoms with E-state index in [0.717, 1.165) is 19.3 Å². The highest BCUT2D eigenvalue weighted by Crippen LogP contribution is 2.34. The fourth-order valence-electron chi connectivity index (χ4n) is 3.01. The number of hydrogen-bond donors (Lipinski definition) is 1. The fraction of sp³-hybridized carbons (Fsp3) is 0.600. The predicted octanol–water partition coefficient (Wildman–Crippen LogP) is 2.14. The smallest absolute Gasteiger partial charge is 0.247 e. The molecule has 0 aliphatic carbocycles. The van der Waals surface area contributed by atoms with Crippen LogP contribution < -0.4 is 4.74 Å². The van der Waals surface area contributed by atoms with E-state index in [-0.39, 0.29) is 29.3 Å². The largest absolute Gasteiger partial charge is 0.495 e. The van der Waals surface area contributed by atoms with Crippen LogP contribution in [0.4, 0.5) is 0 Å². The number of methoxy groups -OCH3 is 1. The second-order valence-electron chi connectivity index (χ2n) is 5.61. The van der Waals surface area contributed by atoms with Crippen LogP contribution in [0.5, 0.6) is 5.75 Å². The third-order valence-electron chi connectivity index (χ3n) is 4.08. The van der Waals surface area contributed by atoms with Gasteiger partial charge in [0.2, 0.25) is 10.0 Å². The summed E-state index contributed by atoms with van der Waals surface area (Å²) in [5.74, 6) is 0.284. The summed E-state index contributed by atoms with van der Waals surface area (Å²) in [6.07, 6.45) is 2.80. The van der Waals surface area contributed by atoms with Crippen molar-refractivity contribution in [2.75, 3.05) is 7.11 Å². The molecule has 2 atom stereocenters. The van der Waals surface area contributed by atoms with Crippen molar-refractivity contribution < 1.29 is 18.3 Å². The number of piperidine rings is 1. The van der Waals surface area contributed by atoms with Gasteiger partial charge < -0.3 is 9.84 Å².